The van der Waals surface area contributed by atoms with Crippen LogP contribution in [0.2, 0.25) is 0 Å². The normalized spacial score (nSPS) is 26.5. The Hall–Kier alpha value is -1.98. The first-order valence-electron chi connectivity index (χ1n) is 9.94. The number of ether oxygens (including phenoxy) is 1. The predicted octanol–water partition coefficient (Wildman–Crippen LogP) is 4.24. The molecule has 2 aromatic rings. The number of nitrogens with one attached hydrogen (secondary N) is 1. The molecular weight excluding hydrogens is 370 g/mol. The van der Waals surface area contributed by atoms with Crippen LogP contribution in [0.15, 0.2) is 53.4 Å². The van der Waals surface area contributed by atoms with E-state index in [1.54, 1.807) is 13.2 Å². The summed E-state index contributed by atoms with van der Waals surface area (Å²) in [5.74, 6) is 1.94. The van der Waals surface area contributed by atoms with Crippen LogP contribution in [0, 0.1) is 5.41 Å². The van der Waals surface area contributed by atoms with Gasteiger partial charge in [0.05, 0.1) is 18.8 Å². The van der Waals surface area contributed by atoms with Crippen LogP contribution < -0.4 is 10.1 Å². The quantitative estimate of drug-likeness (QED) is 0.792. The third kappa shape index (κ3) is 3.65. The number of hydrogen-bond acceptors (Lipinski definition) is 4. The van der Waals surface area contributed by atoms with E-state index in [1.165, 1.54) is 10.5 Å². The third-order valence-electron chi connectivity index (χ3n) is 6.34. The third-order valence-corrected chi connectivity index (χ3v) is 7.53. The van der Waals surface area contributed by atoms with Gasteiger partial charge in [0.1, 0.15) is 5.75 Å². The molecule has 4 nitrogen and oxygen atoms in total. The number of para-hydroxylation sites is 1. The van der Waals surface area contributed by atoms with E-state index < -0.39 is 0 Å². The van der Waals surface area contributed by atoms with E-state index in [-0.39, 0.29) is 17.4 Å². The fourth-order valence-electron chi connectivity index (χ4n) is 4.68. The summed E-state index contributed by atoms with van der Waals surface area (Å²) < 4.78 is 5.35. The SMILES string of the molecule is COc1ccccc1C(=O)NC[C@]1(C2CSc3ccccc32)CC[C@@H](O)CC1. The second-order valence-corrected chi connectivity index (χ2v) is 8.94. The molecule has 0 aromatic heterocycles. The molecule has 1 fully saturated rings. The number of amides is 1. The summed E-state index contributed by atoms with van der Waals surface area (Å²) in [6, 6.07) is 16.0. The molecule has 1 unspecified atom stereocenters. The summed E-state index contributed by atoms with van der Waals surface area (Å²) in [6.07, 6.45) is 3.24. The van der Waals surface area contributed by atoms with Crippen LogP contribution in [0.5, 0.6) is 5.75 Å². The molecule has 1 amide bonds. The highest BCUT2D eigenvalue weighted by atomic mass is 32.2. The minimum atomic E-state index is -0.220. The Balaban J connectivity index is 1.57. The lowest BCUT2D eigenvalue weighted by Crippen LogP contribution is -2.45. The van der Waals surface area contributed by atoms with Crippen molar-refractivity contribution >= 4 is 17.7 Å². The van der Waals surface area contributed by atoms with Gasteiger partial charge in [0.15, 0.2) is 0 Å². The fraction of sp³-hybridized carbons (Fsp3) is 0.435. The molecule has 0 radical (unpaired) electrons. The van der Waals surface area contributed by atoms with Crippen LogP contribution in [0.25, 0.3) is 0 Å². The lowest BCUT2D eigenvalue weighted by molar-refractivity contribution is 0.0482. The van der Waals surface area contributed by atoms with Gasteiger partial charge in [-0.15, -0.1) is 11.8 Å². The highest BCUT2D eigenvalue weighted by Crippen LogP contribution is 2.54. The summed E-state index contributed by atoms with van der Waals surface area (Å²) in [4.78, 5) is 14.2. The maximum Gasteiger partial charge on any atom is 0.255 e. The van der Waals surface area contributed by atoms with E-state index in [2.05, 4.69) is 29.6 Å². The minimum Gasteiger partial charge on any atom is -0.496 e. The van der Waals surface area contributed by atoms with Crippen molar-refractivity contribution in [1.82, 2.24) is 5.32 Å². The molecule has 1 saturated carbocycles. The summed E-state index contributed by atoms with van der Waals surface area (Å²) in [7, 11) is 1.59. The van der Waals surface area contributed by atoms with Gasteiger partial charge in [-0.3, -0.25) is 4.79 Å². The molecule has 2 aromatic carbocycles. The average molecular weight is 398 g/mol. The number of carbonyl (C=O) groups excluding carboxylic acids is 1. The molecule has 5 heteroatoms. The van der Waals surface area contributed by atoms with E-state index in [0.29, 0.717) is 23.8 Å². The van der Waals surface area contributed by atoms with Gasteiger partial charge in [0, 0.05) is 23.1 Å². The van der Waals surface area contributed by atoms with E-state index in [1.807, 2.05) is 30.0 Å². The zero-order chi connectivity index (χ0) is 19.6. The zero-order valence-electron chi connectivity index (χ0n) is 16.2. The van der Waals surface area contributed by atoms with E-state index in [4.69, 9.17) is 4.74 Å². The molecule has 1 aliphatic heterocycles. The van der Waals surface area contributed by atoms with Gasteiger partial charge >= 0.3 is 0 Å². The molecule has 2 N–H and O–H groups in total. The first-order valence-corrected chi connectivity index (χ1v) is 10.9. The molecule has 28 heavy (non-hydrogen) atoms. The van der Waals surface area contributed by atoms with Gasteiger partial charge < -0.3 is 15.2 Å². The summed E-state index contributed by atoms with van der Waals surface area (Å²) >= 11 is 1.91. The van der Waals surface area contributed by atoms with Crippen molar-refractivity contribution in [1.29, 1.82) is 0 Å². The van der Waals surface area contributed by atoms with Crippen molar-refractivity contribution in [2.24, 2.45) is 5.41 Å². The van der Waals surface area contributed by atoms with Gasteiger partial charge in [-0.25, -0.2) is 0 Å². The number of aliphatic hydroxyl groups is 1. The van der Waals surface area contributed by atoms with Crippen LogP contribution in [-0.4, -0.2) is 36.5 Å². The zero-order valence-corrected chi connectivity index (χ0v) is 17.0. The second-order valence-electron chi connectivity index (χ2n) is 7.88. The van der Waals surface area contributed by atoms with Crippen LogP contribution in [0.3, 0.4) is 0 Å². The molecule has 0 saturated heterocycles. The second kappa shape index (κ2) is 8.18. The van der Waals surface area contributed by atoms with Crippen LogP contribution in [0.4, 0.5) is 0 Å². The maximum absolute atomic E-state index is 12.9. The Morgan fingerprint density at radius 3 is 2.68 bits per heavy atom. The first kappa shape index (κ1) is 19.3. The number of thioether (sulfide) groups is 1. The van der Waals surface area contributed by atoms with Gasteiger partial charge in [-0.2, -0.15) is 0 Å². The Kier molecular flexibility index (Phi) is 5.65. The maximum atomic E-state index is 12.9. The van der Waals surface area contributed by atoms with Crippen molar-refractivity contribution < 1.29 is 14.6 Å². The molecule has 1 heterocycles. The van der Waals surface area contributed by atoms with Crippen LogP contribution in [-0.2, 0) is 0 Å². The fourth-order valence-corrected chi connectivity index (χ4v) is 6.11. The molecule has 0 bridgehead atoms. The van der Waals surface area contributed by atoms with Crippen LogP contribution >= 0.6 is 11.8 Å². The van der Waals surface area contributed by atoms with E-state index >= 15 is 0 Å². The Labute approximate surface area is 170 Å². The minimum absolute atomic E-state index is 0.0174. The molecule has 1 aliphatic carbocycles. The Morgan fingerprint density at radius 2 is 1.89 bits per heavy atom. The number of hydrogen-bond donors (Lipinski definition) is 2. The van der Waals surface area contributed by atoms with Crippen molar-refractivity contribution in [3.05, 3.63) is 59.7 Å². The summed E-state index contributed by atoms with van der Waals surface area (Å²) in [5, 5.41) is 13.3. The Morgan fingerprint density at radius 1 is 1.18 bits per heavy atom. The largest absolute Gasteiger partial charge is 0.496 e. The highest BCUT2D eigenvalue weighted by molar-refractivity contribution is 7.99. The van der Waals surface area contributed by atoms with Gasteiger partial charge in [0.2, 0.25) is 0 Å². The molecule has 2 aliphatic rings. The van der Waals surface area contributed by atoms with Gasteiger partial charge in [-0.1, -0.05) is 30.3 Å². The highest BCUT2D eigenvalue weighted by Gasteiger charge is 2.45. The number of methoxy groups -OCH3 is 1. The molecule has 1 atom stereocenters. The van der Waals surface area contributed by atoms with E-state index in [9.17, 15) is 9.90 Å². The van der Waals surface area contributed by atoms with E-state index in [0.717, 1.165) is 31.4 Å². The molecule has 148 valence electrons. The predicted molar refractivity (Wildman–Crippen MR) is 112 cm³/mol. The number of carbonyl (C=O) groups is 1. The van der Waals surface area contributed by atoms with Gasteiger partial charge in [-0.05, 0) is 54.9 Å². The monoisotopic (exact) mass is 397 g/mol. The molecule has 0 spiro atoms. The first-order chi connectivity index (χ1) is 13.6. The summed E-state index contributed by atoms with van der Waals surface area (Å²) in [6.45, 7) is 0.621. The number of rotatable bonds is 5. The topological polar surface area (TPSA) is 58.6 Å². The van der Waals surface area contributed by atoms with Crippen molar-refractivity contribution in [2.75, 3.05) is 19.4 Å². The number of aliphatic hydroxyl groups excluding tert-OH is 1. The van der Waals surface area contributed by atoms with Crippen molar-refractivity contribution in [3.8, 4) is 5.75 Å². The number of fused-ring (bicyclic) bond motifs is 1. The molecular formula is C23H27NO3S. The van der Waals surface area contributed by atoms with Crippen molar-refractivity contribution in [2.45, 2.75) is 42.6 Å². The standard InChI is InChI=1S/C23H27NO3S/c1-27-20-8-4-2-7-18(20)22(26)24-15-23(12-10-16(25)11-13-23)19-14-28-21-9-5-3-6-17(19)21/h2-9,16,19,25H,10-15H2,1H3,(H,24,26)/t16-,19?,23+. The smallest absolute Gasteiger partial charge is 0.255 e. The lowest BCUT2D eigenvalue weighted by atomic mass is 9.63. The van der Waals surface area contributed by atoms with Crippen molar-refractivity contribution in [3.63, 3.8) is 0 Å². The summed E-state index contributed by atoms with van der Waals surface area (Å²) in [5.41, 5.74) is 1.95. The number of benzene rings is 2. The van der Waals surface area contributed by atoms with Crippen LogP contribution in [0.1, 0.15) is 47.5 Å². The average Bonchev–Trinajstić information content (AvgIpc) is 3.18. The van der Waals surface area contributed by atoms with Gasteiger partial charge in [0.25, 0.3) is 5.91 Å². The molecule has 4 rings (SSSR count). The lowest BCUT2D eigenvalue weighted by Gasteiger charge is -2.44. The Bertz CT molecular complexity index is 845.